The SMILES string of the molecule is Cc1cccc(N2CCN(C(=O)c3cc(-c4cccc5ccccc45)n[nH]3)CC2)c1C. The van der Waals surface area contributed by atoms with Crippen molar-refractivity contribution in [2.45, 2.75) is 13.8 Å². The van der Waals surface area contributed by atoms with E-state index >= 15 is 0 Å². The average molecular weight is 411 g/mol. The van der Waals surface area contributed by atoms with Gasteiger partial charge in [-0.15, -0.1) is 0 Å². The van der Waals surface area contributed by atoms with Crippen LogP contribution in [0.25, 0.3) is 22.0 Å². The third kappa shape index (κ3) is 3.56. The summed E-state index contributed by atoms with van der Waals surface area (Å²) in [7, 11) is 0. The lowest BCUT2D eigenvalue weighted by molar-refractivity contribution is 0.0741. The van der Waals surface area contributed by atoms with Crippen LogP contribution in [0.3, 0.4) is 0 Å². The Hall–Kier alpha value is -3.60. The smallest absolute Gasteiger partial charge is 0.272 e. The number of nitrogens with zero attached hydrogens (tertiary/aromatic N) is 3. The van der Waals surface area contributed by atoms with E-state index in [1.165, 1.54) is 22.2 Å². The number of carbonyl (C=O) groups excluding carboxylic acids is 1. The number of anilines is 1. The van der Waals surface area contributed by atoms with Crippen LogP contribution in [0, 0.1) is 13.8 Å². The van der Waals surface area contributed by atoms with Gasteiger partial charge in [-0.2, -0.15) is 5.10 Å². The lowest BCUT2D eigenvalue weighted by atomic mass is 10.0. The molecule has 5 rings (SSSR count). The van der Waals surface area contributed by atoms with Crippen LogP contribution in [-0.2, 0) is 0 Å². The quantitative estimate of drug-likeness (QED) is 0.527. The molecule has 0 spiro atoms. The second kappa shape index (κ2) is 7.91. The molecule has 5 heteroatoms. The molecule has 31 heavy (non-hydrogen) atoms. The number of hydrogen-bond acceptors (Lipinski definition) is 3. The number of H-pyrrole nitrogens is 1. The number of nitrogens with one attached hydrogen (secondary N) is 1. The number of aromatic amines is 1. The highest BCUT2D eigenvalue weighted by molar-refractivity contribution is 5.98. The molecule has 1 aliphatic heterocycles. The third-order valence-electron chi connectivity index (χ3n) is 6.36. The topological polar surface area (TPSA) is 52.2 Å². The summed E-state index contributed by atoms with van der Waals surface area (Å²) < 4.78 is 0. The molecule has 1 N–H and O–H groups in total. The van der Waals surface area contributed by atoms with E-state index in [4.69, 9.17) is 0 Å². The number of carbonyl (C=O) groups is 1. The second-order valence-corrected chi connectivity index (χ2v) is 8.19. The summed E-state index contributed by atoms with van der Waals surface area (Å²) in [6.45, 7) is 7.39. The Labute approximate surface area is 182 Å². The standard InChI is InChI=1S/C26H26N4O/c1-18-7-5-12-25(19(18)2)29-13-15-30(16-14-29)26(31)24-17-23(27-28-24)22-11-6-9-20-8-3-4-10-21(20)22/h3-12,17H,13-16H2,1-2H3,(H,27,28). The van der Waals surface area contributed by atoms with Gasteiger partial charge in [-0.05, 0) is 47.9 Å². The summed E-state index contributed by atoms with van der Waals surface area (Å²) in [5.41, 5.74) is 6.27. The molecule has 156 valence electrons. The Morgan fingerprint density at radius 3 is 2.48 bits per heavy atom. The van der Waals surface area contributed by atoms with Gasteiger partial charge in [0.1, 0.15) is 5.69 Å². The molecule has 0 saturated carbocycles. The summed E-state index contributed by atoms with van der Waals surface area (Å²) in [4.78, 5) is 17.4. The van der Waals surface area contributed by atoms with Crippen LogP contribution >= 0.6 is 0 Å². The van der Waals surface area contributed by atoms with E-state index < -0.39 is 0 Å². The first kappa shape index (κ1) is 19.4. The average Bonchev–Trinajstić information content (AvgIpc) is 3.30. The number of amides is 1. The zero-order valence-corrected chi connectivity index (χ0v) is 17.9. The highest BCUT2D eigenvalue weighted by atomic mass is 16.2. The fourth-order valence-electron chi connectivity index (χ4n) is 4.42. The number of hydrogen-bond donors (Lipinski definition) is 1. The maximum absolute atomic E-state index is 13.1. The zero-order chi connectivity index (χ0) is 21.4. The van der Waals surface area contributed by atoms with Crippen LogP contribution in [0.1, 0.15) is 21.6 Å². The molecule has 1 fully saturated rings. The Morgan fingerprint density at radius 2 is 1.65 bits per heavy atom. The molecule has 2 heterocycles. The van der Waals surface area contributed by atoms with E-state index in [-0.39, 0.29) is 5.91 Å². The molecule has 0 unspecified atom stereocenters. The van der Waals surface area contributed by atoms with Crippen molar-refractivity contribution in [3.63, 3.8) is 0 Å². The van der Waals surface area contributed by atoms with Crippen molar-refractivity contribution in [3.8, 4) is 11.3 Å². The first-order chi connectivity index (χ1) is 15.1. The van der Waals surface area contributed by atoms with Gasteiger partial charge in [0.05, 0.1) is 5.69 Å². The Kier molecular flexibility index (Phi) is 4.94. The first-order valence-corrected chi connectivity index (χ1v) is 10.8. The van der Waals surface area contributed by atoms with Crippen molar-refractivity contribution in [2.24, 2.45) is 0 Å². The van der Waals surface area contributed by atoms with E-state index in [9.17, 15) is 4.79 Å². The van der Waals surface area contributed by atoms with Crippen LogP contribution in [-0.4, -0.2) is 47.2 Å². The highest BCUT2D eigenvalue weighted by Gasteiger charge is 2.24. The molecule has 3 aromatic carbocycles. The summed E-state index contributed by atoms with van der Waals surface area (Å²) in [6, 6.07) is 22.7. The fourth-order valence-corrected chi connectivity index (χ4v) is 4.42. The summed E-state index contributed by atoms with van der Waals surface area (Å²) in [5.74, 6) is 0.0135. The Morgan fingerprint density at radius 1 is 0.903 bits per heavy atom. The highest BCUT2D eigenvalue weighted by Crippen LogP contribution is 2.28. The molecule has 4 aromatic rings. The maximum Gasteiger partial charge on any atom is 0.272 e. The van der Waals surface area contributed by atoms with Crippen LogP contribution in [0.4, 0.5) is 5.69 Å². The summed E-state index contributed by atoms with van der Waals surface area (Å²) >= 11 is 0. The van der Waals surface area contributed by atoms with Gasteiger partial charge < -0.3 is 9.80 Å². The van der Waals surface area contributed by atoms with E-state index in [2.05, 4.69) is 71.4 Å². The van der Waals surface area contributed by atoms with Crippen LogP contribution in [0.2, 0.25) is 0 Å². The van der Waals surface area contributed by atoms with E-state index in [0.29, 0.717) is 18.8 Å². The third-order valence-corrected chi connectivity index (χ3v) is 6.36. The number of benzene rings is 3. The Bertz CT molecular complexity index is 1250. The number of rotatable bonds is 3. The van der Waals surface area contributed by atoms with Gasteiger partial charge in [0.25, 0.3) is 5.91 Å². The molecule has 0 radical (unpaired) electrons. The second-order valence-electron chi connectivity index (χ2n) is 8.19. The summed E-state index contributed by atoms with van der Waals surface area (Å²) in [6.07, 6.45) is 0. The predicted molar refractivity (Wildman–Crippen MR) is 126 cm³/mol. The van der Waals surface area contributed by atoms with E-state index in [1.54, 1.807) is 0 Å². The lowest BCUT2D eigenvalue weighted by Crippen LogP contribution is -2.49. The van der Waals surface area contributed by atoms with Crippen LogP contribution < -0.4 is 4.90 Å². The number of aromatic nitrogens is 2. The van der Waals surface area contributed by atoms with Gasteiger partial charge in [0.2, 0.25) is 0 Å². The number of piperazine rings is 1. The van der Waals surface area contributed by atoms with Crippen molar-refractivity contribution < 1.29 is 4.79 Å². The van der Waals surface area contributed by atoms with Gasteiger partial charge >= 0.3 is 0 Å². The predicted octanol–water partition coefficient (Wildman–Crippen LogP) is 4.81. The van der Waals surface area contributed by atoms with Gasteiger partial charge in [-0.25, -0.2) is 0 Å². The monoisotopic (exact) mass is 410 g/mol. The van der Waals surface area contributed by atoms with Crippen molar-refractivity contribution >= 4 is 22.4 Å². The van der Waals surface area contributed by atoms with Crippen molar-refractivity contribution in [3.05, 3.63) is 83.6 Å². The van der Waals surface area contributed by atoms with Crippen molar-refractivity contribution in [1.29, 1.82) is 0 Å². The molecule has 0 bridgehead atoms. The Balaban J connectivity index is 1.32. The summed E-state index contributed by atoms with van der Waals surface area (Å²) in [5, 5.41) is 9.73. The van der Waals surface area contributed by atoms with Gasteiger partial charge in [0.15, 0.2) is 0 Å². The lowest BCUT2D eigenvalue weighted by Gasteiger charge is -2.36. The molecule has 0 aliphatic carbocycles. The first-order valence-electron chi connectivity index (χ1n) is 10.8. The van der Waals surface area contributed by atoms with Gasteiger partial charge in [-0.3, -0.25) is 9.89 Å². The number of aryl methyl sites for hydroxylation is 1. The van der Waals surface area contributed by atoms with Gasteiger partial charge in [-0.1, -0.05) is 54.6 Å². The zero-order valence-electron chi connectivity index (χ0n) is 17.9. The normalized spacial score (nSPS) is 14.3. The van der Waals surface area contributed by atoms with Gasteiger partial charge in [0, 0.05) is 37.4 Å². The van der Waals surface area contributed by atoms with E-state index in [1.807, 2.05) is 29.2 Å². The minimum Gasteiger partial charge on any atom is -0.368 e. The minimum atomic E-state index is 0.0135. The van der Waals surface area contributed by atoms with Crippen LogP contribution in [0.5, 0.6) is 0 Å². The molecular formula is C26H26N4O. The fraction of sp³-hybridized carbons (Fsp3) is 0.231. The maximum atomic E-state index is 13.1. The molecule has 1 saturated heterocycles. The molecule has 1 amide bonds. The van der Waals surface area contributed by atoms with Crippen LogP contribution in [0.15, 0.2) is 66.7 Å². The molecule has 0 atom stereocenters. The number of fused-ring (bicyclic) bond motifs is 1. The minimum absolute atomic E-state index is 0.0135. The van der Waals surface area contributed by atoms with Crippen molar-refractivity contribution in [2.75, 3.05) is 31.1 Å². The van der Waals surface area contributed by atoms with Crippen molar-refractivity contribution in [1.82, 2.24) is 15.1 Å². The molecule has 5 nitrogen and oxygen atoms in total. The molecule has 1 aromatic heterocycles. The molecular weight excluding hydrogens is 384 g/mol. The largest absolute Gasteiger partial charge is 0.368 e. The van der Waals surface area contributed by atoms with E-state index in [0.717, 1.165) is 29.7 Å². The molecule has 1 aliphatic rings.